The zero-order chi connectivity index (χ0) is 15.9. The number of hydrogen-bond acceptors (Lipinski definition) is 3. The Labute approximate surface area is 134 Å². The van der Waals surface area contributed by atoms with Crippen LogP contribution in [0.15, 0.2) is 54.6 Å². The molecule has 3 N–H and O–H groups in total. The van der Waals surface area contributed by atoms with Gasteiger partial charge in [-0.3, -0.25) is 4.79 Å². The van der Waals surface area contributed by atoms with Gasteiger partial charge in [0, 0.05) is 6.42 Å². The second-order valence-corrected chi connectivity index (χ2v) is 5.49. The van der Waals surface area contributed by atoms with E-state index < -0.39 is 17.4 Å². The number of carbonyl (C=O) groups excluding carboxylic acids is 1. The van der Waals surface area contributed by atoms with Gasteiger partial charge in [-0.2, -0.15) is 0 Å². The van der Waals surface area contributed by atoms with E-state index in [2.05, 4.69) is 0 Å². The maximum absolute atomic E-state index is 10.9. The van der Waals surface area contributed by atoms with Gasteiger partial charge in [0.15, 0.2) is 0 Å². The lowest BCUT2D eigenvalue weighted by atomic mass is 10.0. The molecule has 5 heteroatoms. The quantitative estimate of drug-likeness (QED) is 0.771. The summed E-state index contributed by atoms with van der Waals surface area (Å²) in [6.07, 6.45) is -0.751. The third-order valence-electron chi connectivity index (χ3n) is 3.25. The fourth-order valence-corrected chi connectivity index (χ4v) is 2.14. The number of benzene rings is 2. The molecule has 4 nitrogen and oxygen atoms in total. The molecule has 0 heterocycles. The lowest BCUT2D eigenvalue weighted by Crippen LogP contribution is -2.25. The lowest BCUT2D eigenvalue weighted by Gasteiger charge is -2.14. The van der Waals surface area contributed by atoms with Crippen LogP contribution < -0.4 is 10.5 Å². The molecule has 0 aliphatic rings. The number of nitrogens with two attached hydrogens (primary N) is 1. The van der Waals surface area contributed by atoms with Crippen molar-refractivity contribution >= 4 is 17.5 Å². The molecule has 0 aliphatic carbocycles. The molecule has 0 spiro atoms. The molecular weight excluding hydrogens is 302 g/mol. The van der Waals surface area contributed by atoms with Crippen molar-refractivity contribution in [2.24, 2.45) is 5.73 Å². The third kappa shape index (κ3) is 4.76. The van der Waals surface area contributed by atoms with Crippen molar-refractivity contribution in [3.63, 3.8) is 0 Å². The first-order valence-corrected chi connectivity index (χ1v) is 7.38. The van der Waals surface area contributed by atoms with E-state index in [1.807, 2.05) is 30.3 Å². The molecule has 0 fully saturated rings. The first-order valence-electron chi connectivity index (χ1n) is 6.94. The monoisotopic (exact) mass is 319 g/mol. The van der Waals surface area contributed by atoms with Crippen molar-refractivity contribution in [3.05, 3.63) is 65.7 Å². The topological polar surface area (TPSA) is 72.6 Å². The summed E-state index contributed by atoms with van der Waals surface area (Å²) < 4.78 is 5.66. The second-order valence-electron chi connectivity index (χ2n) is 4.96. The van der Waals surface area contributed by atoms with Crippen molar-refractivity contribution in [2.45, 2.75) is 24.5 Å². The van der Waals surface area contributed by atoms with Gasteiger partial charge in [0.2, 0.25) is 5.91 Å². The SMILES string of the molecule is NC(=O)C(Cl)CC(O)c1ccc(OCc2ccccc2)cc1. The minimum absolute atomic E-state index is 0.0844. The zero-order valence-electron chi connectivity index (χ0n) is 12.0. The van der Waals surface area contributed by atoms with Gasteiger partial charge in [-0.15, -0.1) is 11.6 Å². The first-order chi connectivity index (χ1) is 10.6. The van der Waals surface area contributed by atoms with Gasteiger partial charge in [-0.1, -0.05) is 42.5 Å². The molecule has 2 unspecified atom stereocenters. The number of amides is 1. The first kappa shape index (κ1) is 16.3. The summed E-state index contributed by atoms with van der Waals surface area (Å²) >= 11 is 5.75. The predicted octanol–water partition coefficient (Wildman–Crippen LogP) is 2.78. The highest BCUT2D eigenvalue weighted by Crippen LogP contribution is 2.23. The molecule has 2 atom stereocenters. The van der Waals surface area contributed by atoms with Crippen LogP contribution in [0.25, 0.3) is 0 Å². The summed E-state index contributed by atoms with van der Waals surface area (Å²) in [7, 11) is 0. The highest BCUT2D eigenvalue weighted by Gasteiger charge is 2.18. The van der Waals surface area contributed by atoms with Crippen LogP contribution in [-0.4, -0.2) is 16.4 Å². The van der Waals surface area contributed by atoms with Crippen LogP contribution in [0.4, 0.5) is 0 Å². The summed E-state index contributed by atoms with van der Waals surface area (Å²) in [4.78, 5) is 10.9. The average Bonchev–Trinajstić information content (AvgIpc) is 2.54. The van der Waals surface area contributed by atoms with Crippen LogP contribution in [0.2, 0.25) is 0 Å². The number of carbonyl (C=O) groups is 1. The van der Waals surface area contributed by atoms with Crippen molar-refractivity contribution < 1.29 is 14.6 Å². The second kappa shape index (κ2) is 7.82. The number of alkyl halides is 1. The van der Waals surface area contributed by atoms with Gasteiger partial charge in [0.25, 0.3) is 0 Å². The van der Waals surface area contributed by atoms with E-state index in [4.69, 9.17) is 22.1 Å². The highest BCUT2D eigenvalue weighted by molar-refractivity contribution is 6.30. The fraction of sp³-hybridized carbons (Fsp3) is 0.235. The number of aliphatic hydroxyl groups excluding tert-OH is 1. The zero-order valence-corrected chi connectivity index (χ0v) is 12.7. The average molecular weight is 320 g/mol. The Morgan fingerprint density at radius 3 is 2.36 bits per heavy atom. The predicted molar refractivity (Wildman–Crippen MR) is 85.6 cm³/mol. The van der Waals surface area contributed by atoms with E-state index in [9.17, 15) is 9.90 Å². The number of ether oxygens (including phenoxy) is 1. The Bertz CT molecular complexity index is 601. The Balaban J connectivity index is 1.91. The van der Waals surface area contributed by atoms with Crippen molar-refractivity contribution in [1.82, 2.24) is 0 Å². The van der Waals surface area contributed by atoms with E-state index in [0.717, 1.165) is 5.56 Å². The van der Waals surface area contributed by atoms with E-state index in [1.54, 1.807) is 24.3 Å². The van der Waals surface area contributed by atoms with Gasteiger partial charge in [-0.25, -0.2) is 0 Å². The number of hydrogen-bond donors (Lipinski definition) is 2. The molecule has 22 heavy (non-hydrogen) atoms. The molecule has 2 aromatic carbocycles. The fourth-order valence-electron chi connectivity index (χ4n) is 1.98. The smallest absolute Gasteiger partial charge is 0.235 e. The third-order valence-corrected chi connectivity index (χ3v) is 3.65. The summed E-state index contributed by atoms with van der Waals surface area (Å²) in [6.45, 7) is 0.480. The van der Waals surface area contributed by atoms with Gasteiger partial charge < -0.3 is 15.6 Å². The molecule has 0 aromatic heterocycles. The van der Waals surface area contributed by atoms with E-state index in [1.165, 1.54) is 0 Å². The standard InChI is InChI=1S/C17H18ClNO3/c18-15(17(19)21)10-16(20)13-6-8-14(9-7-13)22-11-12-4-2-1-3-5-12/h1-9,15-16,20H,10-11H2,(H2,19,21). The summed E-state index contributed by atoms with van der Waals surface area (Å²) in [5.74, 6) is 0.0701. The normalized spacial score (nSPS) is 13.4. The molecule has 0 aliphatic heterocycles. The number of rotatable bonds is 7. The van der Waals surface area contributed by atoms with Crippen LogP contribution in [0, 0.1) is 0 Å². The van der Waals surface area contributed by atoms with E-state index >= 15 is 0 Å². The largest absolute Gasteiger partial charge is 0.489 e. The summed E-state index contributed by atoms with van der Waals surface area (Å²) in [5, 5.41) is 9.12. The Kier molecular flexibility index (Phi) is 5.81. The molecule has 0 saturated carbocycles. The van der Waals surface area contributed by atoms with Crippen LogP contribution in [0.5, 0.6) is 5.75 Å². The Hall–Kier alpha value is -2.04. The van der Waals surface area contributed by atoms with E-state index in [-0.39, 0.29) is 6.42 Å². The van der Waals surface area contributed by atoms with Crippen molar-refractivity contribution in [3.8, 4) is 5.75 Å². The molecule has 2 rings (SSSR count). The molecule has 2 aromatic rings. The molecule has 116 valence electrons. The van der Waals surface area contributed by atoms with Gasteiger partial charge in [0.05, 0.1) is 6.10 Å². The van der Waals surface area contributed by atoms with Crippen LogP contribution in [-0.2, 0) is 11.4 Å². The van der Waals surface area contributed by atoms with Gasteiger partial charge >= 0.3 is 0 Å². The Morgan fingerprint density at radius 1 is 1.14 bits per heavy atom. The van der Waals surface area contributed by atoms with Gasteiger partial charge in [-0.05, 0) is 23.3 Å². The molecular formula is C17H18ClNO3. The van der Waals surface area contributed by atoms with Crippen molar-refractivity contribution in [1.29, 1.82) is 0 Å². The van der Waals surface area contributed by atoms with Crippen LogP contribution in [0.3, 0.4) is 0 Å². The van der Waals surface area contributed by atoms with Crippen LogP contribution >= 0.6 is 11.6 Å². The van der Waals surface area contributed by atoms with Crippen LogP contribution in [0.1, 0.15) is 23.7 Å². The van der Waals surface area contributed by atoms with E-state index in [0.29, 0.717) is 17.9 Å². The van der Waals surface area contributed by atoms with Gasteiger partial charge in [0.1, 0.15) is 17.7 Å². The number of halogens is 1. The summed E-state index contributed by atoms with van der Waals surface area (Å²) in [5.41, 5.74) is 6.83. The maximum atomic E-state index is 10.9. The molecule has 0 bridgehead atoms. The maximum Gasteiger partial charge on any atom is 0.235 e. The molecule has 0 saturated heterocycles. The minimum Gasteiger partial charge on any atom is -0.489 e. The summed E-state index contributed by atoms with van der Waals surface area (Å²) in [6, 6.07) is 16.9. The minimum atomic E-state index is -0.885. The highest BCUT2D eigenvalue weighted by atomic mass is 35.5. The number of primary amides is 1. The number of aliphatic hydroxyl groups is 1. The lowest BCUT2D eigenvalue weighted by molar-refractivity contribution is -0.118. The van der Waals surface area contributed by atoms with Crippen molar-refractivity contribution in [2.75, 3.05) is 0 Å². The molecule has 1 amide bonds. The Morgan fingerprint density at radius 2 is 1.77 bits per heavy atom. The molecule has 0 radical (unpaired) electrons.